The largest absolute Gasteiger partial charge is 0.351 e. The minimum atomic E-state index is -3.33. The van der Waals surface area contributed by atoms with Gasteiger partial charge in [-0.2, -0.15) is 0 Å². The number of thiazole rings is 1. The predicted octanol–water partition coefficient (Wildman–Crippen LogP) is 2.80. The zero-order valence-corrected chi connectivity index (χ0v) is 14.1. The fourth-order valence-electron chi connectivity index (χ4n) is 1.54. The van der Waals surface area contributed by atoms with E-state index in [0.29, 0.717) is 11.4 Å². The van der Waals surface area contributed by atoms with Gasteiger partial charge in [-0.3, -0.25) is 4.79 Å². The van der Waals surface area contributed by atoms with Crippen LogP contribution in [0.5, 0.6) is 0 Å². The molecule has 7 heteroatoms. The van der Waals surface area contributed by atoms with E-state index in [1.165, 1.54) is 6.20 Å². The lowest BCUT2D eigenvalue weighted by Crippen LogP contribution is -2.23. The molecule has 0 atom stereocenters. The molecule has 1 rings (SSSR count). The second-order valence-electron chi connectivity index (χ2n) is 4.55. The van der Waals surface area contributed by atoms with Crippen LogP contribution in [0, 0.1) is 0 Å². The summed E-state index contributed by atoms with van der Waals surface area (Å²) in [5.74, 6) is -0.270. The van der Waals surface area contributed by atoms with Crippen molar-refractivity contribution in [2.75, 3.05) is 12.3 Å². The van der Waals surface area contributed by atoms with Crippen molar-refractivity contribution < 1.29 is 13.2 Å². The molecule has 1 heterocycles. The molecule has 0 unspecified atom stereocenters. The van der Waals surface area contributed by atoms with Crippen molar-refractivity contribution in [1.29, 1.82) is 0 Å². The lowest BCUT2D eigenvalue weighted by molar-refractivity contribution is 0.0957. The molecule has 1 aromatic rings. The lowest BCUT2D eigenvalue weighted by atomic mass is 10.2. The van der Waals surface area contributed by atoms with E-state index in [1.807, 2.05) is 0 Å². The normalized spacial score (nSPS) is 11.9. The Labute approximate surface area is 130 Å². The number of nitrogens with one attached hydrogen (secondary N) is 1. The Kier molecular flexibility index (Phi) is 7.60. The first-order valence-corrected chi connectivity index (χ1v) is 9.60. The maximum absolute atomic E-state index is 11.9. The average Bonchev–Trinajstić information content (AvgIpc) is 2.97. The summed E-state index contributed by atoms with van der Waals surface area (Å²) in [5, 5.41) is 2.78. The van der Waals surface area contributed by atoms with Crippen LogP contribution in [0.1, 0.15) is 49.2 Å². The average molecular weight is 330 g/mol. The van der Waals surface area contributed by atoms with Crippen LogP contribution in [0.15, 0.2) is 22.7 Å². The van der Waals surface area contributed by atoms with Gasteiger partial charge in [-0.25, -0.2) is 13.4 Å². The number of allylic oxidation sites excluding steroid dienone is 2. The van der Waals surface area contributed by atoms with E-state index in [2.05, 4.69) is 29.4 Å². The summed E-state index contributed by atoms with van der Waals surface area (Å²) in [6, 6.07) is 0. The fraction of sp³-hybridized carbons (Fsp3) is 0.571. The van der Waals surface area contributed by atoms with E-state index in [1.54, 1.807) is 6.92 Å². The quantitative estimate of drug-likeness (QED) is 0.558. The van der Waals surface area contributed by atoms with E-state index in [-0.39, 0.29) is 16.0 Å². The van der Waals surface area contributed by atoms with Crippen molar-refractivity contribution in [3.8, 4) is 0 Å². The molecule has 118 valence electrons. The number of carbonyl (C=O) groups is 1. The zero-order chi connectivity index (χ0) is 15.7. The van der Waals surface area contributed by atoms with Crippen molar-refractivity contribution >= 4 is 27.1 Å². The number of hydrogen-bond acceptors (Lipinski definition) is 5. The van der Waals surface area contributed by atoms with Gasteiger partial charge in [0.15, 0.2) is 0 Å². The number of aromatic nitrogens is 1. The molecule has 1 amide bonds. The van der Waals surface area contributed by atoms with E-state index in [9.17, 15) is 13.2 Å². The number of rotatable bonds is 9. The second-order valence-corrected chi connectivity index (χ2v) is 8.03. The minimum absolute atomic E-state index is 0.00827. The highest BCUT2D eigenvalue weighted by atomic mass is 32.2. The first-order valence-electron chi connectivity index (χ1n) is 7.13. The van der Waals surface area contributed by atoms with Crippen molar-refractivity contribution in [3.63, 3.8) is 0 Å². The van der Waals surface area contributed by atoms with Crippen LogP contribution in [0.25, 0.3) is 0 Å². The molecular formula is C14H22N2O3S2. The van der Waals surface area contributed by atoms with Crippen LogP contribution in [0.4, 0.5) is 0 Å². The number of amides is 1. The van der Waals surface area contributed by atoms with E-state index < -0.39 is 9.84 Å². The second kappa shape index (κ2) is 8.94. The van der Waals surface area contributed by atoms with Gasteiger partial charge in [-0.15, -0.1) is 0 Å². The van der Waals surface area contributed by atoms with Gasteiger partial charge in [0.1, 0.15) is 4.88 Å². The van der Waals surface area contributed by atoms with Crippen molar-refractivity contribution in [2.45, 2.75) is 43.9 Å². The van der Waals surface area contributed by atoms with Crippen LogP contribution >= 0.6 is 11.3 Å². The maximum Gasteiger partial charge on any atom is 0.263 e. The molecule has 5 nitrogen and oxygen atoms in total. The third kappa shape index (κ3) is 5.97. The molecule has 0 aliphatic carbocycles. The van der Waals surface area contributed by atoms with E-state index >= 15 is 0 Å². The molecule has 0 saturated carbocycles. The third-order valence-electron chi connectivity index (χ3n) is 2.81. The Balaban J connectivity index is 2.40. The topological polar surface area (TPSA) is 76.1 Å². The van der Waals surface area contributed by atoms with Crippen molar-refractivity contribution in [1.82, 2.24) is 10.3 Å². The molecular weight excluding hydrogens is 308 g/mol. The van der Waals surface area contributed by atoms with Crippen molar-refractivity contribution in [3.05, 3.63) is 23.2 Å². The number of nitrogens with zero attached hydrogens (tertiary/aromatic N) is 1. The van der Waals surface area contributed by atoms with Crippen LogP contribution in [0.2, 0.25) is 0 Å². The summed E-state index contributed by atoms with van der Waals surface area (Å²) >= 11 is 0.922. The first kappa shape index (κ1) is 17.8. The molecule has 0 radical (unpaired) electrons. The summed E-state index contributed by atoms with van der Waals surface area (Å²) < 4.78 is 23.3. The Morgan fingerprint density at radius 2 is 2.05 bits per heavy atom. The zero-order valence-electron chi connectivity index (χ0n) is 12.5. The maximum atomic E-state index is 11.9. The van der Waals surface area contributed by atoms with Crippen LogP contribution < -0.4 is 5.32 Å². The van der Waals surface area contributed by atoms with Gasteiger partial charge in [0, 0.05) is 6.54 Å². The van der Waals surface area contributed by atoms with Crippen molar-refractivity contribution in [2.24, 2.45) is 0 Å². The number of carbonyl (C=O) groups excluding carboxylic acids is 1. The van der Waals surface area contributed by atoms with Gasteiger partial charge < -0.3 is 5.32 Å². The Morgan fingerprint density at radius 3 is 2.71 bits per heavy atom. The van der Waals surface area contributed by atoms with Gasteiger partial charge in [-0.05, 0) is 19.3 Å². The van der Waals surface area contributed by atoms with Gasteiger partial charge >= 0.3 is 0 Å². The smallest absolute Gasteiger partial charge is 0.263 e. The summed E-state index contributed by atoms with van der Waals surface area (Å²) in [7, 11) is -3.33. The minimum Gasteiger partial charge on any atom is -0.351 e. The van der Waals surface area contributed by atoms with E-state index in [4.69, 9.17) is 0 Å². The third-order valence-corrected chi connectivity index (χ3v) is 6.01. The summed E-state index contributed by atoms with van der Waals surface area (Å²) in [4.78, 5) is 16.0. The monoisotopic (exact) mass is 330 g/mol. The van der Waals surface area contributed by atoms with Gasteiger partial charge in [0.05, 0.1) is 11.9 Å². The fourth-order valence-corrected chi connectivity index (χ4v) is 3.70. The first-order chi connectivity index (χ1) is 10.0. The summed E-state index contributed by atoms with van der Waals surface area (Å²) in [5.41, 5.74) is 0. The Hall–Kier alpha value is -1.21. The predicted molar refractivity (Wildman–Crippen MR) is 85.5 cm³/mol. The van der Waals surface area contributed by atoms with Gasteiger partial charge in [0.25, 0.3) is 5.91 Å². The standard InChI is InChI=1S/C14H22N2O3S2/c1-3-5-6-7-8-9-10-15-13(17)12-11-16-14(20-12)21(18,19)4-2/h6-7,11H,3-5,8-10H2,1-2H3,(H,15,17)/b7-6+. The molecule has 0 aliphatic rings. The Bertz CT molecular complexity index is 577. The van der Waals surface area contributed by atoms with Crippen LogP contribution in [-0.2, 0) is 9.84 Å². The van der Waals surface area contributed by atoms with Gasteiger partial charge in [-0.1, -0.05) is 43.8 Å². The summed E-state index contributed by atoms with van der Waals surface area (Å²) in [6.07, 6.45) is 9.61. The molecule has 0 fully saturated rings. The van der Waals surface area contributed by atoms with Crippen LogP contribution in [-0.4, -0.2) is 31.6 Å². The lowest BCUT2D eigenvalue weighted by Gasteiger charge is -2.01. The number of sulfone groups is 1. The molecule has 1 aromatic heterocycles. The molecule has 0 aromatic carbocycles. The van der Waals surface area contributed by atoms with Gasteiger partial charge in [0.2, 0.25) is 14.2 Å². The number of hydrogen-bond donors (Lipinski definition) is 1. The highest BCUT2D eigenvalue weighted by molar-refractivity contribution is 7.93. The molecule has 1 N–H and O–H groups in total. The SMILES string of the molecule is CCC/C=C/CCCNC(=O)c1cnc(S(=O)(=O)CC)s1. The summed E-state index contributed by atoms with van der Waals surface area (Å²) in [6.45, 7) is 4.26. The van der Waals surface area contributed by atoms with Crippen LogP contribution in [0.3, 0.4) is 0 Å². The number of unbranched alkanes of at least 4 members (excludes halogenated alkanes) is 2. The molecule has 0 saturated heterocycles. The highest BCUT2D eigenvalue weighted by Crippen LogP contribution is 2.19. The molecule has 21 heavy (non-hydrogen) atoms. The molecule has 0 aliphatic heterocycles. The van der Waals surface area contributed by atoms with E-state index in [0.717, 1.165) is 37.0 Å². The molecule has 0 spiro atoms. The Morgan fingerprint density at radius 1 is 1.33 bits per heavy atom. The highest BCUT2D eigenvalue weighted by Gasteiger charge is 2.18. The molecule has 0 bridgehead atoms.